The van der Waals surface area contributed by atoms with Crippen LogP contribution in [0.2, 0.25) is 0 Å². The number of cyclic esters (lactones) is 1. The van der Waals surface area contributed by atoms with Crippen LogP contribution in [0.25, 0.3) is 0 Å². The lowest BCUT2D eigenvalue weighted by atomic mass is 9.68. The van der Waals surface area contributed by atoms with Crippen molar-refractivity contribution < 1.29 is 19.0 Å². The summed E-state index contributed by atoms with van der Waals surface area (Å²) in [6.45, 7) is 4.44. The molecule has 1 amide bonds. The highest BCUT2D eigenvalue weighted by Crippen LogP contribution is 2.51. The summed E-state index contributed by atoms with van der Waals surface area (Å²) in [6.07, 6.45) is 4.00. The van der Waals surface area contributed by atoms with E-state index in [0.717, 1.165) is 36.3 Å². The molecule has 1 aliphatic heterocycles. The van der Waals surface area contributed by atoms with Crippen LogP contribution in [0.1, 0.15) is 40.5 Å². The molecule has 3 atom stereocenters. The van der Waals surface area contributed by atoms with Crippen molar-refractivity contribution >= 4 is 6.09 Å². The molecule has 0 radical (unpaired) electrons. The van der Waals surface area contributed by atoms with Crippen molar-refractivity contribution in [1.29, 1.82) is 0 Å². The van der Waals surface area contributed by atoms with Gasteiger partial charge in [-0.15, -0.1) is 6.58 Å². The van der Waals surface area contributed by atoms with Gasteiger partial charge in [-0.2, -0.15) is 0 Å². The van der Waals surface area contributed by atoms with Crippen LogP contribution in [0.5, 0.6) is 11.5 Å². The van der Waals surface area contributed by atoms with Gasteiger partial charge in [-0.3, -0.25) is 0 Å². The summed E-state index contributed by atoms with van der Waals surface area (Å²) in [5.41, 5.74) is 4.88. The molecule has 2 aromatic rings. The number of carbonyl (C=O) groups is 1. The van der Waals surface area contributed by atoms with Crippen molar-refractivity contribution in [1.82, 2.24) is 5.32 Å². The van der Waals surface area contributed by atoms with Gasteiger partial charge in [-0.05, 0) is 47.9 Å². The number of carbonyl (C=O) groups excluding carboxylic acids is 1. The van der Waals surface area contributed by atoms with Gasteiger partial charge in [0, 0.05) is 11.5 Å². The van der Waals surface area contributed by atoms with E-state index in [2.05, 4.69) is 42.2 Å². The molecule has 0 aromatic heterocycles. The normalized spacial score (nSPS) is 23.0. The number of hydrogen-bond acceptors (Lipinski definition) is 4. The van der Waals surface area contributed by atoms with Crippen LogP contribution in [0, 0.1) is 0 Å². The van der Waals surface area contributed by atoms with Crippen molar-refractivity contribution in [3.05, 3.63) is 71.3 Å². The smallest absolute Gasteiger partial charge is 0.407 e. The largest absolute Gasteiger partial charge is 0.493 e. The first-order chi connectivity index (χ1) is 14.2. The maximum atomic E-state index is 11.9. The first-order valence-electron chi connectivity index (χ1n) is 10.0. The van der Waals surface area contributed by atoms with E-state index in [1.165, 1.54) is 16.7 Å². The fourth-order valence-electron chi connectivity index (χ4n) is 4.91. The van der Waals surface area contributed by atoms with Crippen molar-refractivity contribution in [2.24, 2.45) is 0 Å². The molecule has 4 rings (SSSR count). The highest BCUT2D eigenvalue weighted by molar-refractivity contribution is 5.70. The van der Waals surface area contributed by atoms with Gasteiger partial charge in [0.25, 0.3) is 0 Å². The Morgan fingerprint density at radius 1 is 1.21 bits per heavy atom. The number of fused-ring (bicyclic) bond motifs is 1. The second-order valence-electron chi connectivity index (χ2n) is 7.56. The van der Waals surface area contributed by atoms with E-state index >= 15 is 0 Å². The Labute approximate surface area is 171 Å². The average molecular weight is 393 g/mol. The summed E-state index contributed by atoms with van der Waals surface area (Å²) in [7, 11) is 3.34. The zero-order chi connectivity index (χ0) is 20.4. The van der Waals surface area contributed by atoms with Crippen molar-refractivity contribution in [3.8, 4) is 11.5 Å². The summed E-state index contributed by atoms with van der Waals surface area (Å²) >= 11 is 0. The maximum Gasteiger partial charge on any atom is 0.407 e. The van der Waals surface area contributed by atoms with Crippen molar-refractivity contribution in [3.63, 3.8) is 0 Å². The summed E-state index contributed by atoms with van der Waals surface area (Å²) in [4.78, 5) is 11.9. The second-order valence-corrected chi connectivity index (χ2v) is 7.56. The minimum atomic E-state index is -0.347. The van der Waals surface area contributed by atoms with E-state index in [9.17, 15) is 4.79 Å². The molecule has 1 heterocycles. The zero-order valence-corrected chi connectivity index (χ0v) is 16.9. The number of allylic oxidation sites excluding steroid dienone is 1. The van der Waals surface area contributed by atoms with Crippen molar-refractivity contribution in [2.75, 3.05) is 20.8 Å². The van der Waals surface area contributed by atoms with E-state index in [0.29, 0.717) is 6.54 Å². The Hall–Kier alpha value is -2.95. The minimum absolute atomic E-state index is 0.0449. The Bertz CT molecular complexity index is 923. The topological polar surface area (TPSA) is 56.8 Å². The van der Waals surface area contributed by atoms with Gasteiger partial charge in [0.05, 0.1) is 20.8 Å². The highest BCUT2D eigenvalue weighted by atomic mass is 16.6. The molecular weight excluding hydrogens is 366 g/mol. The Morgan fingerprint density at radius 2 is 2.03 bits per heavy atom. The summed E-state index contributed by atoms with van der Waals surface area (Å²) in [6, 6.07) is 12.5. The number of benzene rings is 2. The summed E-state index contributed by atoms with van der Waals surface area (Å²) < 4.78 is 17.1. The Morgan fingerprint density at radius 3 is 2.72 bits per heavy atom. The number of nitrogens with one attached hydrogen (secondary N) is 1. The summed E-state index contributed by atoms with van der Waals surface area (Å²) in [5.74, 6) is 1.67. The quantitative estimate of drug-likeness (QED) is 0.741. The van der Waals surface area contributed by atoms with Crippen LogP contribution in [0.15, 0.2) is 49.1 Å². The lowest BCUT2D eigenvalue weighted by Gasteiger charge is -2.38. The molecule has 2 aromatic carbocycles. The number of alkyl carbamates (subject to hydrolysis) is 1. The number of hydrogen-bond donors (Lipinski definition) is 1. The molecule has 29 heavy (non-hydrogen) atoms. The van der Waals surface area contributed by atoms with Crippen LogP contribution < -0.4 is 14.8 Å². The first kappa shape index (κ1) is 19.4. The molecule has 3 unspecified atom stereocenters. The van der Waals surface area contributed by atoms with E-state index in [-0.39, 0.29) is 24.0 Å². The van der Waals surface area contributed by atoms with E-state index in [1.807, 2.05) is 12.1 Å². The van der Waals surface area contributed by atoms with Crippen LogP contribution in [0.4, 0.5) is 4.79 Å². The Balaban J connectivity index is 1.88. The molecule has 0 bridgehead atoms. The van der Waals surface area contributed by atoms with Crippen LogP contribution >= 0.6 is 0 Å². The fraction of sp³-hybridized carbons (Fsp3) is 0.375. The SMILES string of the molecule is C=CCc1ccc(OC)c(OC)c1C1CCc2ccccc2C1C1CNC(=O)O1. The molecular formula is C24H27NO4. The fourth-order valence-corrected chi connectivity index (χ4v) is 4.91. The van der Waals surface area contributed by atoms with Gasteiger partial charge in [-0.1, -0.05) is 36.4 Å². The molecule has 1 aliphatic carbocycles. The van der Waals surface area contributed by atoms with Crippen LogP contribution in [-0.2, 0) is 17.6 Å². The van der Waals surface area contributed by atoms with Crippen LogP contribution in [0.3, 0.4) is 0 Å². The molecule has 0 spiro atoms. The number of ether oxygens (including phenoxy) is 3. The lowest BCUT2D eigenvalue weighted by molar-refractivity contribution is 0.114. The van der Waals surface area contributed by atoms with Gasteiger partial charge >= 0.3 is 6.09 Å². The molecule has 1 N–H and O–H groups in total. The number of amides is 1. The minimum Gasteiger partial charge on any atom is -0.493 e. The first-order valence-corrected chi connectivity index (χ1v) is 10.0. The third kappa shape index (κ3) is 3.46. The van der Waals surface area contributed by atoms with Crippen LogP contribution in [-0.4, -0.2) is 33.0 Å². The van der Waals surface area contributed by atoms with Gasteiger partial charge in [0.1, 0.15) is 6.10 Å². The van der Waals surface area contributed by atoms with Gasteiger partial charge in [0.2, 0.25) is 0 Å². The molecule has 1 saturated heterocycles. The number of aryl methyl sites for hydroxylation is 1. The highest BCUT2D eigenvalue weighted by Gasteiger charge is 2.42. The van der Waals surface area contributed by atoms with E-state index in [4.69, 9.17) is 14.2 Å². The third-order valence-corrected chi connectivity index (χ3v) is 6.09. The molecule has 5 heteroatoms. The predicted octanol–water partition coefficient (Wildman–Crippen LogP) is 4.35. The van der Waals surface area contributed by atoms with Gasteiger partial charge < -0.3 is 19.5 Å². The summed E-state index contributed by atoms with van der Waals surface area (Å²) in [5, 5.41) is 2.83. The monoisotopic (exact) mass is 393 g/mol. The zero-order valence-electron chi connectivity index (χ0n) is 16.9. The Kier molecular flexibility index (Phi) is 5.47. The molecule has 0 saturated carbocycles. The lowest BCUT2D eigenvalue weighted by Crippen LogP contribution is -2.32. The third-order valence-electron chi connectivity index (χ3n) is 6.09. The maximum absolute atomic E-state index is 11.9. The second kappa shape index (κ2) is 8.19. The van der Waals surface area contributed by atoms with E-state index in [1.54, 1.807) is 14.2 Å². The molecule has 1 fully saturated rings. The van der Waals surface area contributed by atoms with Crippen molar-refractivity contribution in [2.45, 2.75) is 37.2 Å². The average Bonchev–Trinajstić information content (AvgIpc) is 3.18. The standard InChI is InChI=1S/C24H27NO4/c1-4-7-16-11-13-19(27-2)23(28-3)21(16)18-12-10-15-8-5-6-9-17(15)22(18)20-14-25-24(26)29-20/h4-6,8-9,11,13,18,20,22H,1,7,10,12,14H2,2-3H3,(H,25,26). The molecule has 2 aliphatic rings. The van der Waals surface area contributed by atoms with E-state index < -0.39 is 0 Å². The predicted molar refractivity (Wildman–Crippen MR) is 112 cm³/mol. The molecule has 5 nitrogen and oxygen atoms in total. The number of methoxy groups -OCH3 is 2. The van der Waals surface area contributed by atoms with Gasteiger partial charge in [0.15, 0.2) is 11.5 Å². The van der Waals surface area contributed by atoms with Gasteiger partial charge in [-0.25, -0.2) is 4.79 Å². The number of rotatable bonds is 6. The molecule has 152 valence electrons.